The van der Waals surface area contributed by atoms with Crippen molar-refractivity contribution in [2.45, 2.75) is 13.3 Å². The van der Waals surface area contributed by atoms with Crippen LogP contribution in [0.15, 0.2) is 48.9 Å². The van der Waals surface area contributed by atoms with Crippen LogP contribution in [0.5, 0.6) is 5.75 Å². The Bertz CT molecular complexity index is 1680. The van der Waals surface area contributed by atoms with E-state index in [1.807, 2.05) is 28.9 Å². The van der Waals surface area contributed by atoms with Crippen molar-refractivity contribution < 1.29 is 18.7 Å². The third-order valence-corrected chi connectivity index (χ3v) is 8.37. The molecule has 43 heavy (non-hydrogen) atoms. The van der Waals surface area contributed by atoms with Gasteiger partial charge in [0.1, 0.15) is 6.73 Å². The van der Waals surface area contributed by atoms with Crippen molar-refractivity contribution in [2.24, 2.45) is 11.7 Å². The number of carbonyl (C=O) groups excluding carboxylic acids is 2. The average Bonchev–Trinajstić information content (AvgIpc) is 3.71. The number of piperazine rings is 1. The highest BCUT2D eigenvalue weighted by atomic mass is 35.5. The normalized spacial score (nSPS) is 17.0. The van der Waals surface area contributed by atoms with Crippen LogP contribution in [0.3, 0.4) is 0 Å². The Morgan fingerprint density at radius 2 is 1.95 bits per heavy atom. The molecule has 2 aliphatic rings. The summed E-state index contributed by atoms with van der Waals surface area (Å²) < 4.78 is 21.6. The average molecular weight is 607 g/mol. The Hall–Kier alpha value is -4.26. The van der Waals surface area contributed by atoms with Crippen LogP contribution < -0.4 is 21.1 Å². The van der Waals surface area contributed by atoms with Crippen molar-refractivity contribution in [1.29, 1.82) is 0 Å². The zero-order chi connectivity index (χ0) is 30.1. The van der Waals surface area contributed by atoms with Gasteiger partial charge in [0, 0.05) is 61.9 Å². The number of fused-ring (bicyclic) bond motifs is 1. The van der Waals surface area contributed by atoms with E-state index in [2.05, 4.69) is 20.6 Å². The zero-order valence-corrected chi connectivity index (χ0v) is 24.4. The Labute approximate surface area is 252 Å². The number of nitrogens with two attached hydrogens (primary N) is 1. The molecular weight excluding hydrogens is 575 g/mol. The van der Waals surface area contributed by atoms with Gasteiger partial charge in [-0.15, -0.1) is 0 Å². The first-order valence-electron chi connectivity index (χ1n) is 14.2. The minimum Gasteiger partial charge on any atom is -0.475 e. The standard InChI is InChI=1S/C30H32ClFN8O3/c1-18-14-20(2-3-21(18)30(42)39-12-10-38(11-13-39)29(41)19-6-7-34-15-19)37-27-28-36-16-23(40(28)9-8-35-27)22-4-5-24(43-17-33)26(32)25(22)31/h2-5,8-9,14,16,19,34H,6-7,10-13,15,17,33H2,1H3,(H,35,37)/t19-/m0/s1. The lowest BCUT2D eigenvalue weighted by Gasteiger charge is -2.36. The van der Waals surface area contributed by atoms with Gasteiger partial charge in [-0.25, -0.2) is 14.4 Å². The Kier molecular flexibility index (Phi) is 8.15. The second-order valence-electron chi connectivity index (χ2n) is 10.6. The molecule has 13 heteroatoms. The largest absolute Gasteiger partial charge is 0.475 e. The minimum absolute atomic E-state index is 0.0270. The highest BCUT2D eigenvalue weighted by molar-refractivity contribution is 6.33. The molecular formula is C30H32ClFN8O3. The SMILES string of the molecule is Cc1cc(Nc2nccn3c(-c4ccc(OCN)c(F)c4Cl)cnc23)ccc1C(=O)N1CCN(C(=O)[C@H]2CCNC2)CC1. The van der Waals surface area contributed by atoms with E-state index in [0.717, 1.165) is 30.8 Å². The van der Waals surface area contributed by atoms with Gasteiger partial charge in [0.15, 0.2) is 23.0 Å². The van der Waals surface area contributed by atoms with Gasteiger partial charge < -0.3 is 25.2 Å². The Balaban J connectivity index is 1.16. The van der Waals surface area contributed by atoms with Crippen LogP contribution in [0.4, 0.5) is 15.9 Å². The first kappa shape index (κ1) is 28.8. The lowest BCUT2D eigenvalue weighted by molar-refractivity contribution is -0.136. The van der Waals surface area contributed by atoms with Crippen LogP contribution in [0, 0.1) is 18.7 Å². The van der Waals surface area contributed by atoms with Gasteiger partial charge in [-0.05, 0) is 55.8 Å². The van der Waals surface area contributed by atoms with E-state index in [4.69, 9.17) is 22.1 Å². The number of nitrogens with zero attached hydrogens (tertiary/aromatic N) is 5. The summed E-state index contributed by atoms with van der Waals surface area (Å²) in [5, 5.41) is 6.42. The number of benzene rings is 2. The summed E-state index contributed by atoms with van der Waals surface area (Å²) >= 11 is 6.34. The fourth-order valence-electron chi connectivity index (χ4n) is 5.68. The maximum Gasteiger partial charge on any atom is 0.254 e. The molecule has 0 aliphatic carbocycles. The van der Waals surface area contributed by atoms with Crippen molar-refractivity contribution in [2.75, 3.05) is 51.3 Å². The molecule has 4 aromatic rings. The molecule has 2 fully saturated rings. The van der Waals surface area contributed by atoms with E-state index in [1.165, 1.54) is 6.07 Å². The number of hydrogen-bond donors (Lipinski definition) is 3. The molecule has 2 amide bonds. The molecule has 2 aromatic heterocycles. The Morgan fingerprint density at radius 3 is 2.67 bits per heavy atom. The van der Waals surface area contributed by atoms with Gasteiger partial charge in [0.2, 0.25) is 5.91 Å². The summed E-state index contributed by atoms with van der Waals surface area (Å²) in [5.41, 5.74) is 9.04. The topological polar surface area (TPSA) is 130 Å². The number of aromatic nitrogens is 3. The van der Waals surface area contributed by atoms with Gasteiger partial charge in [0.25, 0.3) is 5.91 Å². The summed E-state index contributed by atoms with van der Waals surface area (Å²) in [4.78, 5) is 38.7. The summed E-state index contributed by atoms with van der Waals surface area (Å²) in [5.74, 6) is -0.0755. The minimum atomic E-state index is -0.700. The van der Waals surface area contributed by atoms with Crippen LogP contribution >= 0.6 is 11.6 Å². The van der Waals surface area contributed by atoms with Crippen LogP contribution in [0.2, 0.25) is 5.02 Å². The number of hydrogen-bond acceptors (Lipinski definition) is 8. The van der Waals surface area contributed by atoms with E-state index in [1.54, 1.807) is 35.1 Å². The van der Waals surface area contributed by atoms with Gasteiger partial charge in [0.05, 0.1) is 22.8 Å². The van der Waals surface area contributed by atoms with Gasteiger partial charge in [-0.1, -0.05) is 11.6 Å². The predicted molar refractivity (Wildman–Crippen MR) is 161 cm³/mol. The molecule has 4 N–H and O–H groups in total. The molecule has 0 unspecified atom stereocenters. The molecule has 4 heterocycles. The maximum absolute atomic E-state index is 14.7. The van der Waals surface area contributed by atoms with Gasteiger partial charge in [-0.3, -0.25) is 19.7 Å². The van der Waals surface area contributed by atoms with Crippen LogP contribution in [0.1, 0.15) is 22.3 Å². The predicted octanol–water partition coefficient (Wildman–Crippen LogP) is 3.43. The molecule has 6 rings (SSSR count). The van der Waals surface area contributed by atoms with E-state index >= 15 is 0 Å². The van der Waals surface area contributed by atoms with Crippen LogP contribution in [-0.4, -0.2) is 82.0 Å². The number of carbonyl (C=O) groups is 2. The second-order valence-corrected chi connectivity index (χ2v) is 11.0. The van der Waals surface area contributed by atoms with Crippen molar-refractivity contribution >= 4 is 40.6 Å². The molecule has 0 radical (unpaired) electrons. The number of imidazole rings is 1. The first-order valence-corrected chi connectivity index (χ1v) is 14.5. The highest BCUT2D eigenvalue weighted by Gasteiger charge is 2.31. The third-order valence-electron chi connectivity index (χ3n) is 8.00. The monoisotopic (exact) mass is 606 g/mol. The first-order chi connectivity index (χ1) is 20.9. The maximum atomic E-state index is 14.7. The van der Waals surface area contributed by atoms with E-state index in [0.29, 0.717) is 54.5 Å². The number of ether oxygens (including phenoxy) is 1. The summed E-state index contributed by atoms with van der Waals surface area (Å²) in [6.07, 6.45) is 5.79. The number of nitrogens with one attached hydrogen (secondary N) is 2. The molecule has 0 bridgehead atoms. The highest BCUT2D eigenvalue weighted by Crippen LogP contribution is 2.36. The Morgan fingerprint density at radius 1 is 1.16 bits per heavy atom. The van der Waals surface area contributed by atoms with Crippen LogP contribution in [-0.2, 0) is 4.79 Å². The fraction of sp³-hybridized carbons (Fsp3) is 0.333. The second kappa shape index (κ2) is 12.2. The molecule has 2 aliphatic heterocycles. The zero-order valence-electron chi connectivity index (χ0n) is 23.6. The number of halogens is 2. The summed E-state index contributed by atoms with van der Waals surface area (Å²) in [6.45, 7) is 5.44. The fourth-order valence-corrected chi connectivity index (χ4v) is 5.93. The van der Waals surface area contributed by atoms with E-state index < -0.39 is 5.82 Å². The number of aryl methyl sites for hydroxylation is 1. The number of anilines is 2. The summed E-state index contributed by atoms with van der Waals surface area (Å²) in [6, 6.07) is 8.63. The van der Waals surface area contributed by atoms with Gasteiger partial charge in [-0.2, -0.15) is 0 Å². The van der Waals surface area contributed by atoms with Crippen molar-refractivity contribution in [3.8, 4) is 17.0 Å². The molecule has 0 saturated carbocycles. The van der Waals surface area contributed by atoms with Crippen LogP contribution in [0.25, 0.3) is 16.9 Å². The summed E-state index contributed by atoms with van der Waals surface area (Å²) in [7, 11) is 0. The van der Waals surface area contributed by atoms with Crippen molar-refractivity contribution in [1.82, 2.24) is 29.5 Å². The molecule has 11 nitrogen and oxygen atoms in total. The van der Waals surface area contributed by atoms with Crippen molar-refractivity contribution in [3.05, 3.63) is 70.9 Å². The molecule has 224 valence electrons. The van der Waals surface area contributed by atoms with Crippen molar-refractivity contribution in [3.63, 3.8) is 0 Å². The quantitative estimate of drug-likeness (QED) is 0.273. The van der Waals surface area contributed by atoms with E-state index in [9.17, 15) is 14.0 Å². The lowest BCUT2D eigenvalue weighted by Crippen LogP contribution is -2.52. The molecule has 1 atom stereocenters. The molecule has 2 aromatic carbocycles. The smallest absolute Gasteiger partial charge is 0.254 e. The molecule has 0 spiro atoms. The third kappa shape index (κ3) is 5.61. The van der Waals surface area contributed by atoms with Gasteiger partial charge >= 0.3 is 0 Å². The number of rotatable bonds is 7. The number of amides is 2. The van der Waals surface area contributed by atoms with E-state index in [-0.39, 0.29) is 35.2 Å². The molecule has 2 saturated heterocycles. The lowest BCUT2D eigenvalue weighted by atomic mass is 10.0.